The summed E-state index contributed by atoms with van der Waals surface area (Å²) in [6.07, 6.45) is 0. The molecule has 3 rings (SSSR count). The molecule has 1 saturated heterocycles. The third-order valence-electron chi connectivity index (χ3n) is 3.85. The van der Waals surface area contributed by atoms with Crippen molar-refractivity contribution in [1.82, 2.24) is 5.32 Å². The first-order valence-electron chi connectivity index (χ1n) is 7.20. The Morgan fingerprint density at radius 3 is 2.42 bits per heavy atom. The van der Waals surface area contributed by atoms with E-state index in [1.54, 1.807) is 30.3 Å². The van der Waals surface area contributed by atoms with Crippen LogP contribution in [0, 0.1) is 5.82 Å². The zero-order chi connectivity index (χ0) is 17.3. The molecule has 0 aliphatic carbocycles. The van der Waals surface area contributed by atoms with Gasteiger partial charge in [0.1, 0.15) is 17.3 Å². The summed E-state index contributed by atoms with van der Waals surface area (Å²) in [4.78, 5) is 23.9. The minimum Gasteiger partial charge on any atom is -0.507 e. The zero-order valence-corrected chi connectivity index (χ0v) is 12.7. The Kier molecular flexibility index (Phi) is 4.04. The number of rotatable bonds is 3. The lowest BCUT2D eigenvalue weighted by atomic mass is 9.95. The Balaban J connectivity index is 2.11. The zero-order valence-electron chi connectivity index (χ0n) is 12.7. The predicted molar refractivity (Wildman–Crippen MR) is 84.8 cm³/mol. The molecule has 2 aromatic carbocycles. The van der Waals surface area contributed by atoms with Crippen molar-refractivity contribution in [3.63, 3.8) is 0 Å². The highest BCUT2D eigenvalue weighted by Crippen LogP contribution is 2.34. The number of ether oxygens (including phenoxy) is 1. The lowest BCUT2D eigenvalue weighted by molar-refractivity contribution is -0.133. The second-order valence-corrected chi connectivity index (χ2v) is 5.25. The molecular weight excluding hydrogens is 313 g/mol. The van der Waals surface area contributed by atoms with Crippen LogP contribution in [0.2, 0.25) is 0 Å². The van der Waals surface area contributed by atoms with Gasteiger partial charge in [0.15, 0.2) is 0 Å². The van der Waals surface area contributed by atoms with E-state index in [0.29, 0.717) is 11.3 Å². The van der Waals surface area contributed by atoms with Crippen molar-refractivity contribution in [2.75, 3.05) is 7.11 Å². The van der Waals surface area contributed by atoms with Gasteiger partial charge in [-0.05, 0) is 30.3 Å². The molecular formula is C18H14FNO4. The van der Waals surface area contributed by atoms with Gasteiger partial charge in [0, 0.05) is 11.1 Å². The maximum Gasteiger partial charge on any atom is 0.293 e. The van der Waals surface area contributed by atoms with E-state index in [2.05, 4.69) is 5.32 Å². The standard InChI is InChI=1S/C18H14FNO4/c1-24-11-8-6-10(7-9-11)16(21)14-15(20-18(23)17(14)22)12-4-2-3-5-13(12)19/h2-9,15,21H,1H3,(H,20,23)/t15-/m1/s1. The van der Waals surface area contributed by atoms with Crippen LogP contribution in [0.5, 0.6) is 5.75 Å². The van der Waals surface area contributed by atoms with E-state index < -0.39 is 23.5 Å². The van der Waals surface area contributed by atoms with Gasteiger partial charge in [-0.1, -0.05) is 18.2 Å². The molecule has 0 aromatic heterocycles. The van der Waals surface area contributed by atoms with Crippen LogP contribution in [-0.2, 0) is 9.59 Å². The molecule has 2 N–H and O–H groups in total. The summed E-state index contributed by atoms with van der Waals surface area (Å²) in [6, 6.07) is 11.1. The first kappa shape index (κ1) is 15.7. The van der Waals surface area contributed by atoms with Gasteiger partial charge in [-0.25, -0.2) is 4.39 Å². The first-order valence-corrected chi connectivity index (χ1v) is 7.20. The molecule has 1 aliphatic heterocycles. The second-order valence-electron chi connectivity index (χ2n) is 5.25. The van der Waals surface area contributed by atoms with Crippen LogP contribution in [0.3, 0.4) is 0 Å². The highest BCUT2D eigenvalue weighted by Gasteiger charge is 2.40. The van der Waals surface area contributed by atoms with E-state index in [-0.39, 0.29) is 16.9 Å². The van der Waals surface area contributed by atoms with Gasteiger partial charge in [0.25, 0.3) is 11.7 Å². The number of benzene rings is 2. The van der Waals surface area contributed by atoms with Crippen molar-refractivity contribution in [3.05, 3.63) is 71.0 Å². The normalized spacial score (nSPS) is 19.2. The molecule has 6 heteroatoms. The van der Waals surface area contributed by atoms with Gasteiger partial charge in [-0.2, -0.15) is 0 Å². The number of aliphatic hydroxyl groups is 1. The average Bonchev–Trinajstić information content (AvgIpc) is 2.90. The van der Waals surface area contributed by atoms with Gasteiger partial charge >= 0.3 is 0 Å². The lowest BCUT2D eigenvalue weighted by Gasteiger charge is -2.14. The first-order chi connectivity index (χ1) is 11.5. The van der Waals surface area contributed by atoms with Crippen LogP contribution in [0.15, 0.2) is 54.1 Å². The number of carbonyl (C=O) groups excluding carboxylic acids is 2. The summed E-state index contributed by atoms with van der Waals surface area (Å²) in [6.45, 7) is 0. The van der Waals surface area contributed by atoms with Crippen LogP contribution in [-0.4, -0.2) is 23.9 Å². The van der Waals surface area contributed by atoms with Crippen molar-refractivity contribution in [2.24, 2.45) is 0 Å². The summed E-state index contributed by atoms with van der Waals surface area (Å²) in [5.41, 5.74) is 0.277. The fourth-order valence-electron chi connectivity index (χ4n) is 2.61. The molecule has 0 unspecified atom stereocenters. The summed E-state index contributed by atoms with van der Waals surface area (Å²) < 4.78 is 19.1. The van der Waals surface area contributed by atoms with Crippen molar-refractivity contribution in [3.8, 4) is 5.75 Å². The second kappa shape index (κ2) is 6.16. The number of hydrogen-bond donors (Lipinski definition) is 2. The predicted octanol–water partition coefficient (Wildman–Crippen LogP) is 2.54. The quantitative estimate of drug-likeness (QED) is 0.516. The van der Waals surface area contributed by atoms with E-state index in [1.807, 2.05) is 0 Å². The molecule has 0 bridgehead atoms. The fourth-order valence-corrected chi connectivity index (χ4v) is 2.61. The van der Waals surface area contributed by atoms with E-state index >= 15 is 0 Å². The number of halogens is 1. The molecule has 0 saturated carbocycles. The number of aliphatic hydroxyl groups excluding tert-OH is 1. The molecule has 1 aliphatic rings. The van der Waals surface area contributed by atoms with Gasteiger partial charge < -0.3 is 15.2 Å². The number of Topliss-reactive ketones (excluding diaryl/α,β-unsaturated/α-hetero) is 1. The molecule has 1 atom stereocenters. The van der Waals surface area contributed by atoms with Crippen LogP contribution >= 0.6 is 0 Å². The largest absolute Gasteiger partial charge is 0.507 e. The fraction of sp³-hybridized carbons (Fsp3) is 0.111. The number of hydrogen-bond acceptors (Lipinski definition) is 4. The van der Waals surface area contributed by atoms with Gasteiger partial charge in [0.05, 0.1) is 18.7 Å². The summed E-state index contributed by atoms with van der Waals surface area (Å²) in [5, 5.41) is 12.9. The van der Waals surface area contributed by atoms with E-state index in [1.165, 1.54) is 25.3 Å². The summed E-state index contributed by atoms with van der Waals surface area (Å²) >= 11 is 0. The van der Waals surface area contributed by atoms with Crippen LogP contribution in [0.25, 0.3) is 5.76 Å². The molecule has 1 heterocycles. The number of methoxy groups -OCH3 is 1. The Bertz CT molecular complexity index is 842. The van der Waals surface area contributed by atoms with E-state index in [9.17, 15) is 19.1 Å². The SMILES string of the molecule is COc1ccc(C(O)=C2C(=O)C(=O)N[C@@H]2c2ccccc2F)cc1. The third-order valence-corrected chi connectivity index (χ3v) is 3.85. The highest BCUT2D eigenvalue weighted by atomic mass is 19.1. The molecule has 122 valence electrons. The minimum absolute atomic E-state index is 0.117. The van der Waals surface area contributed by atoms with Crippen LogP contribution in [0.1, 0.15) is 17.2 Å². The number of ketones is 1. The molecule has 2 aromatic rings. The number of carbonyl (C=O) groups is 2. The van der Waals surface area contributed by atoms with Crippen molar-refractivity contribution < 1.29 is 23.8 Å². The van der Waals surface area contributed by atoms with Gasteiger partial charge in [-0.15, -0.1) is 0 Å². The third kappa shape index (κ3) is 2.62. The van der Waals surface area contributed by atoms with Crippen LogP contribution < -0.4 is 10.1 Å². The smallest absolute Gasteiger partial charge is 0.293 e. The molecule has 1 amide bonds. The Morgan fingerprint density at radius 1 is 1.12 bits per heavy atom. The lowest BCUT2D eigenvalue weighted by Crippen LogP contribution is -2.21. The van der Waals surface area contributed by atoms with Crippen LogP contribution in [0.4, 0.5) is 4.39 Å². The van der Waals surface area contributed by atoms with Crippen molar-refractivity contribution in [2.45, 2.75) is 6.04 Å². The Hall–Kier alpha value is -3.15. The van der Waals surface area contributed by atoms with Crippen molar-refractivity contribution >= 4 is 17.4 Å². The van der Waals surface area contributed by atoms with E-state index in [4.69, 9.17) is 4.74 Å². The molecule has 0 spiro atoms. The number of amides is 1. The van der Waals surface area contributed by atoms with Gasteiger partial charge in [-0.3, -0.25) is 9.59 Å². The minimum atomic E-state index is -1.03. The Morgan fingerprint density at radius 2 is 1.79 bits per heavy atom. The average molecular weight is 327 g/mol. The summed E-state index contributed by atoms with van der Waals surface area (Å²) in [7, 11) is 1.50. The Labute approximate surface area is 137 Å². The molecule has 1 fully saturated rings. The van der Waals surface area contributed by atoms with Crippen molar-refractivity contribution in [1.29, 1.82) is 0 Å². The summed E-state index contributed by atoms with van der Waals surface area (Å²) in [5.74, 6) is -2.11. The molecule has 24 heavy (non-hydrogen) atoms. The number of nitrogens with one attached hydrogen (secondary N) is 1. The monoisotopic (exact) mass is 327 g/mol. The maximum absolute atomic E-state index is 14.1. The molecule has 0 radical (unpaired) electrons. The maximum atomic E-state index is 14.1. The van der Waals surface area contributed by atoms with Gasteiger partial charge in [0.2, 0.25) is 0 Å². The molecule has 5 nitrogen and oxygen atoms in total. The van der Waals surface area contributed by atoms with E-state index in [0.717, 1.165) is 0 Å². The topological polar surface area (TPSA) is 75.6 Å². The highest BCUT2D eigenvalue weighted by molar-refractivity contribution is 6.46.